The first-order valence-electron chi connectivity index (χ1n) is 9.82. The standard InChI is InChI=1S/C22H31N3O3S/c1-17(2)16-21(24-29(27,28)20-12-10-18(3)11-13-20)22(26)23-14-15-25(4)19-8-6-5-7-9-19/h5-13,17,21,24H,14-16H2,1-4H3,(H,23,26). The molecule has 0 aliphatic carbocycles. The smallest absolute Gasteiger partial charge is 0.241 e. The van der Waals surface area contributed by atoms with Crippen molar-refractivity contribution in [2.24, 2.45) is 5.92 Å². The third kappa shape index (κ3) is 7.18. The minimum Gasteiger partial charge on any atom is -0.373 e. The number of anilines is 1. The third-order valence-corrected chi connectivity index (χ3v) is 6.08. The van der Waals surface area contributed by atoms with Gasteiger partial charge in [-0.3, -0.25) is 4.79 Å². The van der Waals surface area contributed by atoms with Crippen LogP contribution in [0.2, 0.25) is 0 Å². The molecule has 0 saturated heterocycles. The van der Waals surface area contributed by atoms with Crippen LogP contribution in [0.5, 0.6) is 0 Å². The minimum atomic E-state index is -3.77. The lowest BCUT2D eigenvalue weighted by Gasteiger charge is -2.22. The van der Waals surface area contributed by atoms with E-state index in [-0.39, 0.29) is 16.7 Å². The Morgan fingerprint density at radius 2 is 1.66 bits per heavy atom. The zero-order chi connectivity index (χ0) is 21.4. The molecule has 29 heavy (non-hydrogen) atoms. The molecule has 2 rings (SSSR count). The summed E-state index contributed by atoms with van der Waals surface area (Å²) < 4.78 is 28.0. The molecule has 0 fully saturated rings. The van der Waals surface area contributed by atoms with Crippen LogP contribution in [0.25, 0.3) is 0 Å². The van der Waals surface area contributed by atoms with E-state index in [1.807, 2.05) is 63.1 Å². The molecular formula is C22H31N3O3S. The highest BCUT2D eigenvalue weighted by molar-refractivity contribution is 7.89. The average molecular weight is 418 g/mol. The molecule has 1 atom stereocenters. The summed E-state index contributed by atoms with van der Waals surface area (Å²) in [7, 11) is -1.82. The molecule has 0 aliphatic rings. The van der Waals surface area contributed by atoms with E-state index in [1.54, 1.807) is 24.3 Å². The molecule has 0 bridgehead atoms. The highest BCUT2D eigenvalue weighted by Gasteiger charge is 2.26. The molecule has 2 aromatic carbocycles. The van der Waals surface area contributed by atoms with E-state index >= 15 is 0 Å². The zero-order valence-electron chi connectivity index (χ0n) is 17.6. The average Bonchev–Trinajstić information content (AvgIpc) is 2.67. The van der Waals surface area contributed by atoms with Crippen molar-refractivity contribution in [2.45, 2.75) is 38.1 Å². The first kappa shape index (κ1) is 22.9. The van der Waals surface area contributed by atoms with Gasteiger partial charge in [0.05, 0.1) is 4.90 Å². The first-order chi connectivity index (χ1) is 13.7. The lowest BCUT2D eigenvalue weighted by molar-refractivity contribution is -0.123. The quantitative estimate of drug-likeness (QED) is 0.623. The molecule has 1 unspecified atom stereocenters. The van der Waals surface area contributed by atoms with E-state index in [4.69, 9.17) is 0 Å². The Kier molecular flexibility index (Phi) is 8.22. The monoisotopic (exact) mass is 417 g/mol. The Morgan fingerprint density at radius 3 is 2.24 bits per heavy atom. The van der Waals surface area contributed by atoms with Crippen LogP contribution in [0.1, 0.15) is 25.8 Å². The fourth-order valence-electron chi connectivity index (χ4n) is 2.93. The van der Waals surface area contributed by atoms with Gasteiger partial charge in [0.25, 0.3) is 0 Å². The van der Waals surface area contributed by atoms with Gasteiger partial charge in [0.1, 0.15) is 6.04 Å². The van der Waals surface area contributed by atoms with E-state index in [9.17, 15) is 13.2 Å². The third-order valence-electron chi connectivity index (χ3n) is 4.60. The normalized spacial score (nSPS) is 12.6. The number of amides is 1. The Bertz CT molecular complexity index is 881. The number of likely N-dealkylation sites (N-methyl/N-ethyl adjacent to an activating group) is 1. The SMILES string of the molecule is Cc1ccc(S(=O)(=O)NC(CC(C)C)C(=O)NCCN(C)c2ccccc2)cc1. The molecule has 0 heterocycles. The number of carbonyl (C=O) groups excluding carboxylic acids is 1. The largest absolute Gasteiger partial charge is 0.373 e. The van der Waals surface area contributed by atoms with Gasteiger partial charge < -0.3 is 10.2 Å². The van der Waals surface area contributed by atoms with E-state index < -0.39 is 16.1 Å². The van der Waals surface area contributed by atoms with Gasteiger partial charge in [-0.1, -0.05) is 49.7 Å². The summed E-state index contributed by atoms with van der Waals surface area (Å²) in [6, 6.07) is 15.6. The number of hydrogen-bond donors (Lipinski definition) is 2. The maximum atomic E-state index is 12.7. The number of nitrogens with one attached hydrogen (secondary N) is 2. The van der Waals surface area contributed by atoms with Gasteiger partial charge in [-0.15, -0.1) is 0 Å². The number of aryl methyl sites for hydroxylation is 1. The number of hydrogen-bond acceptors (Lipinski definition) is 4. The number of rotatable bonds is 10. The summed E-state index contributed by atoms with van der Waals surface area (Å²) >= 11 is 0. The van der Waals surface area contributed by atoms with Crippen molar-refractivity contribution >= 4 is 21.6 Å². The summed E-state index contributed by atoms with van der Waals surface area (Å²) in [5.41, 5.74) is 2.03. The first-order valence-corrected chi connectivity index (χ1v) is 11.3. The van der Waals surface area contributed by atoms with E-state index in [2.05, 4.69) is 10.0 Å². The van der Waals surface area contributed by atoms with Crippen LogP contribution in [0.15, 0.2) is 59.5 Å². The number of nitrogens with zero attached hydrogens (tertiary/aromatic N) is 1. The van der Waals surface area contributed by atoms with E-state index in [0.717, 1.165) is 11.3 Å². The van der Waals surface area contributed by atoms with Gasteiger partial charge in [-0.05, 0) is 43.5 Å². The van der Waals surface area contributed by atoms with Crippen LogP contribution >= 0.6 is 0 Å². The second-order valence-corrected chi connectivity index (χ2v) is 9.38. The summed E-state index contributed by atoms with van der Waals surface area (Å²) in [6.07, 6.45) is 0.422. The van der Waals surface area contributed by atoms with Crippen LogP contribution in [-0.2, 0) is 14.8 Å². The lowest BCUT2D eigenvalue weighted by atomic mass is 10.0. The van der Waals surface area contributed by atoms with Crippen molar-refractivity contribution in [2.75, 3.05) is 25.0 Å². The second kappa shape index (κ2) is 10.4. The number of carbonyl (C=O) groups is 1. The van der Waals surface area contributed by atoms with Gasteiger partial charge in [-0.25, -0.2) is 8.42 Å². The van der Waals surface area contributed by atoms with Crippen LogP contribution in [0, 0.1) is 12.8 Å². The van der Waals surface area contributed by atoms with Crippen LogP contribution in [0.3, 0.4) is 0 Å². The van der Waals surface area contributed by atoms with Gasteiger partial charge in [-0.2, -0.15) is 4.72 Å². The highest BCUT2D eigenvalue weighted by Crippen LogP contribution is 2.14. The fourth-order valence-corrected chi connectivity index (χ4v) is 4.14. The van der Waals surface area contributed by atoms with Crippen molar-refractivity contribution in [3.63, 3.8) is 0 Å². The van der Waals surface area contributed by atoms with Gasteiger partial charge in [0, 0.05) is 25.8 Å². The van der Waals surface area contributed by atoms with E-state index in [1.165, 1.54) is 0 Å². The van der Waals surface area contributed by atoms with Gasteiger partial charge in [0.15, 0.2) is 0 Å². The number of para-hydroxylation sites is 1. The summed E-state index contributed by atoms with van der Waals surface area (Å²) in [4.78, 5) is 14.9. The highest BCUT2D eigenvalue weighted by atomic mass is 32.2. The maximum absolute atomic E-state index is 12.7. The summed E-state index contributed by atoms with van der Waals surface area (Å²) in [6.45, 7) is 6.86. The van der Waals surface area contributed by atoms with Crippen LogP contribution in [-0.4, -0.2) is 40.5 Å². The summed E-state index contributed by atoms with van der Waals surface area (Å²) in [5, 5.41) is 2.86. The molecule has 7 heteroatoms. The molecule has 0 aromatic heterocycles. The van der Waals surface area contributed by atoms with Crippen LogP contribution < -0.4 is 14.9 Å². The van der Waals surface area contributed by atoms with Gasteiger partial charge >= 0.3 is 0 Å². The molecule has 0 aliphatic heterocycles. The Morgan fingerprint density at radius 1 is 1.03 bits per heavy atom. The predicted molar refractivity (Wildman–Crippen MR) is 117 cm³/mol. The molecule has 0 radical (unpaired) electrons. The van der Waals surface area contributed by atoms with Crippen LogP contribution in [0.4, 0.5) is 5.69 Å². The molecule has 6 nitrogen and oxygen atoms in total. The minimum absolute atomic E-state index is 0.161. The summed E-state index contributed by atoms with van der Waals surface area (Å²) in [5.74, 6) is -0.144. The maximum Gasteiger partial charge on any atom is 0.241 e. The lowest BCUT2D eigenvalue weighted by Crippen LogP contribution is -2.48. The van der Waals surface area contributed by atoms with Crippen molar-refractivity contribution in [3.8, 4) is 0 Å². The molecule has 158 valence electrons. The molecular weight excluding hydrogens is 386 g/mol. The number of sulfonamides is 1. The Balaban J connectivity index is 1.99. The van der Waals surface area contributed by atoms with Crippen molar-refractivity contribution in [1.29, 1.82) is 0 Å². The zero-order valence-corrected chi connectivity index (χ0v) is 18.4. The predicted octanol–water partition coefficient (Wildman–Crippen LogP) is 2.94. The van der Waals surface area contributed by atoms with Gasteiger partial charge in [0.2, 0.25) is 15.9 Å². The van der Waals surface area contributed by atoms with Crippen molar-refractivity contribution < 1.29 is 13.2 Å². The van der Waals surface area contributed by atoms with E-state index in [0.29, 0.717) is 19.5 Å². The molecule has 0 saturated carbocycles. The Labute approximate surface area is 174 Å². The topological polar surface area (TPSA) is 78.5 Å². The number of benzene rings is 2. The molecule has 1 amide bonds. The molecule has 0 spiro atoms. The molecule has 2 N–H and O–H groups in total. The van der Waals surface area contributed by atoms with Crippen molar-refractivity contribution in [3.05, 3.63) is 60.2 Å². The molecule has 2 aromatic rings. The second-order valence-electron chi connectivity index (χ2n) is 7.66. The fraction of sp³-hybridized carbons (Fsp3) is 0.409. The van der Waals surface area contributed by atoms with Crippen molar-refractivity contribution in [1.82, 2.24) is 10.0 Å². The Hall–Kier alpha value is -2.38.